The molecule has 5 rings (SSSR count). The first-order chi connectivity index (χ1) is 14.2. The maximum atomic E-state index is 11.1. The smallest absolute Gasteiger partial charge is 0.121 e. The van der Waals surface area contributed by atoms with Crippen LogP contribution in [0, 0.1) is 16.7 Å². The number of hydrogen-bond donors (Lipinski definition) is 2. The van der Waals surface area contributed by atoms with Crippen LogP contribution < -0.4 is 4.90 Å². The van der Waals surface area contributed by atoms with Crippen molar-refractivity contribution in [1.82, 2.24) is 4.57 Å². The number of aliphatic hydroxyl groups is 1. The second kappa shape index (κ2) is 7.13. The number of aliphatic hydroxyl groups excluding tert-OH is 1. The maximum Gasteiger partial charge on any atom is 0.121 e. The zero-order valence-corrected chi connectivity index (χ0v) is 19.5. The molecule has 1 aromatic heterocycles. The van der Waals surface area contributed by atoms with Gasteiger partial charge in [-0.15, -0.1) is 0 Å². The Kier molecular flexibility index (Phi) is 4.90. The summed E-state index contributed by atoms with van der Waals surface area (Å²) < 4.78 is 2.23. The van der Waals surface area contributed by atoms with E-state index in [-0.39, 0.29) is 0 Å². The number of benzene rings is 2. The summed E-state index contributed by atoms with van der Waals surface area (Å²) in [5.74, 6) is 0.760. The van der Waals surface area contributed by atoms with E-state index in [2.05, 4.69) is 37.5 Å². The van der Waals surface area contributed by atoms with Crippen molar-refractivity contribution in [2.24, 2.45) is 16.7 Å². The zero-order chi connectivity index (χ0) is 21.3. The SMILES string of the molecule is CC1(C)[C@H]2CC[C@@]1(C)C[NH+](C[C@H](O)Cn1c3ccc(Cl)cc3c3cc(Cl)ccc31)C2. The van der Waals surface area contributed by atoms with E-state index in [0.29, 0.717) is 27.4 Å². The fraction of sp³-hybridized carbons (Fsp3) is 0.520. The van der Waals surface area contributed by atoms with Crippen molar-refractivity contribution in [2.45, 2.75) is 46.3 Å². The Morgan fingerprint density at radius 3 is 2.23 bits per heavy atom. The van der Waals surface area contributed by atoms with E-state index >= 15 is 0 Å². The predicted octanol–water partition coefficient (Wildman–Crippen LogP) is 4.80. The van der Waals surface area contributed by atoms with Crippen LogP contribution in [0.15, 0.2) is 36.4 Å². The second-order valence-electron chi connectivity index (χ2n) is 10.4. The van der Waals surface area contributed by atoms with Gasteiger partial charge in [0.15, 0.2) is 0 Å². The summed E-state index contributed by atoms with van der Waals surface area (Å²) in [6.07, 6.45) is 2.25. The summed E-state index contributed by atoms with van der Waals surface area (Å²) in [5.41, 5.74) is 2.98. The van der Waals surface area contributed by atoms with Crippen molar-refractivity contribution in [2.75, 3.05) is 19.6 Å². The molecular formula is C25H31Cl2N2O+. The molecule has 30 heavy (non-hydrogen) atoms. The van der Waals surface area contributed by atoms with Gasteiger partial charge in [-0.2, -0.15) is 0 Å². The molecule has 5 heteroatoms. The molecule has 2 fully saturated rings. The van der Waals surface area contributed by atoms with Crippen LogP contribution in [0.4, 0.5) is 0 Å². The van der Waals surface area contributed by atoms with Gasteiger partial charge < -0.3 is 14.6 Å². The fourth-order valence-corrected chi connectivity index (χ4v) is 6.67. The Hall–Kier alpha value is -1.26. The molecule has 1 saturated carbocycles. The first kappa shape index (κ1) is 20.6. The molecule has 0 amide bonds. The summed E-state index contributed by atoms with van der Waals surface area (Å²) in [6, 6.07) is 11.9. The molecule has 3 aromatic rings. The van der Waals surface area contributed by atoms with Crippen molar-refractivity contribution in [3.05, 3.63) is 46.4 Å². The van der Waals surface area contributed by atoms with Crippen LogP contribution in [0.5, 0.6) is 0 Å². The quantitative estimate of drug-likeness (QED) is 0.592. The lowest BCUT2D eigenvalue weighted by atomic mass is 9.63. The fourth-order valence-electron chi connectivity index (χ4n) is 6.32. The number of rotatable bonds is 4. The monoisotopic (exact) mass is 445 g/mol. The molecule has 1 aliphatic heterocycles. The Balaban J connectivity index is 1.42. The van der Waals surface area contributed by atoms with Gasteiger partial charge in [-0.05, 0) is 54.7 Å². The molecule has 2 bridgehead atoms. The van der Waals surface area contributed by atoms with Crippen molar-refractivity contribution in [3.63, 3.8) is 0 Å². The van der Waals surface area contributed by atoms with E-state index in [1.54, 1.807) is 4.90 Å². The van der Waals surface area contributed by atoms with E-state index in [1.165, 1.54) is 19.4 Å². The normalized spacial score (nSPS) is 29.0. The third-order valence-electron chi connectivity index (χ3n) is 8.50. The molecule has 1 unspecified atom stereocenters. The molecule has 160 valence electrons. The van der Waals surface area contributed by atoms with E-state index in [1.807, 2.05) is 24.3 Å². The minimum Gasteiger partial charge on any atom is -0.385 e. The lowest BCUT2D eigenvalue weighted by Gasteiger charge is -2.48. The van der Waals surface area contributed by atoms with Crippen molar-refractivity contribution >= 4 is 45.0 Å². The van der Waals surface area contributed by atoms with Crippen molar-refractivity contribution in [3.8, 4) is 0 Å². The van der Waals surface area contributed by atoms with E-state index in [0.717, 1.165) is 40.8 Å². The average Bonchev–Trinajstić information content (AvgIpc) is 2.97. The second-order valence-corrected chi connectivity index (χ2v) is 11.3. The summed E-state index contributed by atoms with van der Waals surface area (Å²) in [4.78, 5) is 1.55. The first-order valence-electron chi connectivity index (χ1n) is 11.1. The van der Waals surface area contributed by atoms with Gasteiger partial charge in [-0.1, -0.05) is 44.0 Å². The molecular weight excluding hydrogens is 415 g/mol. The molecule has 1 saturated heterocycles. The highest BCUT2D eigenvalue weighted by molar-refractivity contribution is 6.33. The summed E-state index contributed by atoms with van der Waals surface area (Å²) >= 11 is 12.6. The van der Waals surface area contributed by atoms with Crippen LogP contribution in [-0.2, 0) is 6.54 Å². The number of likely N-dealkylation sites (tertiary alicyclic amines) is 1. The summed E-state index contributed by atoms with van der Waals surface area (Å²) in [6.45, 7) is 11.1. The molecule has 2 heterocycles. The Labute approximate surface area is 188 Å². The summed E-state index contributed by atoms with van der Waals surface area (Å²) in [5, 5.41) is 14.7. The maximum absolute atomic E-state index is 11.1. The Bertz CT molecular complexity index is 1060. The molecule has 3 nitrogen and oxygen atoms in total. The van der Waals surface area contributed by atoms with Gasteiger partial charge >= 0.3 is 0 Å². The van der Waals surface area contributed by atoms with Crippen LogP contribution in [0.3, 0.4) is 0 Å². The highest BCUT2D eigenvalue weighted by atomic mass is 35.5. The number of nitrogens with one attached hydrogen (secondary N) is 1. The average molecular weight is 446 g/mol. The highest BCUT2D eigenvalue weighted by Crippen LogP contribution is 2.56. The molecule has 0 radical (unpaired) electrons. The van der Waals surface area contributed by atoms with Crippen LogP contribution >= 0.6 is 23.2 Å². The number of hydrogen-bond acceptors (Lipinski definition) is 1. The van der Waals surface area contributed by atoms with Crippen molar-refractivity contribution in [1.29, 1.82) is 0 Å². The van der Waals surface area contributed by atoms with Gasteiger partial charge in [-0.3, -0.25) is 0 Å². The van der Waals surface area contributed by atoms with Gasteiger partial charge in [0, 0.05) is 43.2 Å². The largest absolute Gasteiger partial charge is 0.385 e. The topological polar surface area (TPSA) is 29.6 Å². The van der Waals surface area contributed by atoms with Crippen LogP contribution in [0.1, 0.15) is 33.6 Å². The molecule has 4 atom stereocenters. The zero-order valence-electron chi connectivity index (χ0n) is 18.0. The van der Waals surface area contributed by atoms with Crippen LogP contribution in [0.25, 0.3) is 21.8 Å². The van der Waals surface area contributed by atoms with Crippen molar-refractivity contribution < 1.29 is 10.0 Å². The molecule has 2 aliphatic rings. The molecule has 2 aromatic carbocycles. The number of quaternary nitrogens is 1. The lowest BCUT2D eigenvalue weighted by Crippen LogP contribution is -3.16. The molecule has 2 N–H and O–H groups in total. The van der Waals surface area contributed by atoms with E-state index in [4.69, 9.17) is 23.2 Å². The van der Waals surface area contributed by atoms with Crippen LogP contribution in [0.2, 0.25) is 10.0 Å². The molecule has 1 aliphatic carbocycles. The summed E-state index contributed by atoms with van der Waals surface area (Å²) in [7, 11) is 0. The van der Waals surface area contributed by atoms with Gasteiger partial charge in [0.2, 0.25) is 0 Å². The van der Waals surface area contributed by atoms with E-state index in [9.17, 15) is 5.11 Å². The van der Waals surface area contributed by atoms with Gasteiger partial charge in [0.25, 0.3) is 0 Å². The third-order valence-corrected chi connectivity index (χ3v) is 8.97. The van der Waals surface area contributed by atoms with Crippen LogP contribution in [-0.4, -0.2) is 35.4 Å². The third kappa shape index (κ3) is 3.17. The standard InChI is InChI=1S/C25H30Cl2N2O/c1-24(2)16-8-9-25(24,3)15-28(12-16)13-19(30)14-29-22-6-4-17(26)10-20(22)21-11-18(27)5-7-23(21)29/h4-7,10-11,16,19,30H,8-9,12-15H2,1-3H3/p+1/t16-,19-,25-/m0/s1. The first-order valence-corrected chi connectivity index (χ1v) is 11.8. The van der Waals surface area contributed by atoms with Gasteiger partial charge in [0.1, 0.15) is 12.6 Å². The minimum absolute atomic E-state index is 0.380. The predicted molar refractivity (Wildman–Crippen MR) is 126 cm³/mol. The minimum atomic E-state index is -0.394. The Morgan fingerprint density at radius 2 is 1.67 bits per heavy atom. The number of halogens is 2. The number of fused-ring (bicyclic) bond motifs is 5. The molecule has 0 spiro atoms. The van der Waals surface area contributed by atoms with Gasteiger partial charge in [-0.25, -0.2) is 0 Å². The number of nitrogens with zero attached hydrogens (tertiary/aromatic N) is 1. The number of aromatic nitrogens is 1. The number of piperidine rings is 1. The lowest BCUT2D eigenvalue weighted by molar-refractivity contribution is -0.921. The Morgan fingerprint density at radius 1 is 1.07 bits per heavy atom. The highest BCUT2D eigenvalue weighted by Gasteiger charge is 2.57. The van der Waals surface area contributed by atoms with E-state index < -0.39 is 6.10 Å². The van der Waals surface area contributed by atoms with Gasteiger partial charge in [0.05, 0.1) is 19.6 Å².